The summed E-state index contributed by atoms with van der Waals surface area (Å²) in [5.41, 5.74) is -0.250. The van der Waals surface area contributed by atoms with Crippen LogP contribution in [-0.4, -0.2) is 51.9 Å². The van der Waals surface area contributed by atoms with Crippen LogP contribution in [0, 0.1) is 0 Å². The number of rotatable bonds is 4. The van der Waals surface area contributed by atoms with Gasteiger partial charge in [-0.25, -0.2) is 0 Å². The largest absolute Gasteiger partial charge is 0.415 e. The maximum Gasteiger partial charge on any atom is 0.314 e. The van der Waals surface area contributed by atoms with Crippen LogP contribution in [0.15, 0.2) is 27.5 Å². The molecule has 0 spiro atoms. The summed E-state index contributed by atoms with van der Waals surface area (Å²) in [6, 6.07) is 2.62. The Balaban J connectivity index is 1.74. The summed E-state index contributed by atoms with van der Waals surface area (Å²) in [6.07, 6.45) is -1.49. The van der Waals surface area contributed by atoms with Crippen LogP contribution >= 0.6 is 0 Å². The van der Waals surface area contributed by atoms with Crippen molar-refractivity contribution >= 4 is 5.91 Å². The van der Waals surface area contributed by atoms with Crippen LogP contribution in [0.2, 0.25) is 0 Å². The second-order valence-corrected chi connectivity index (χ2v) is 5.12. The molecule has 1 aliphatic heterocycles. The molecule has 0 saturated carbocycles. The average molecular weight is 340 g/mol. The molecule has 0 unspecified atom stereocenters. The fraction of sp³-hybridized carbons (Fsp3) is 0.429. The van der Waals surface area contributed by atoms with Crippen molar-refractivity contribution in [2.24, 2.45) is 0 Å². The second kappa shape index (κ2) is 6.87. The number of aromatic nitrogens is 3. The molecule has 24 heavy (non-hydrogen) atoms. The Labute approximate surface area is 134 Å². The van der Waals surface area contributed by atoms with Crippen LogP contribution in [0.25, 0.3) is 11.5 Å². The number of morpholine rings is 1. The van der Waals surface area contributed by atoms with Crippen molar-refractivity contribution in [2.75, 3.05) is 26.3 Å². The quantitative estimate of drug-likeness (QED) is 0.814. The Hall–Kier alpha value is -2.62. The number of amides is 1. The molecule has 128 valence electrons. The van der Waals surface area contributed by atoms with Gasteiger partial charge in [0.25, 0.3) is 11.4 Å². The van der Waals surface area contributed by atoms with Gasteiger partial charge in [0, 0.05) is 30.9 Å². The lowest BCUT2D eigenvalue weighted by atomic mass is 10.2. The van der Waals surface area contributed by atoms with Crippen LogP contribution in [0.1, 0.15) is 12.3 Å². The lowest BCUT2D eigenvalue weighted by Crippen LogP contribution is -2.43. The molecule has 3 rings (SSSR count). The van der Waals surface area contributed by atoms with E-state index in [-0.39, 0.29) is 23.9 Å². The van der Waals surface area contributed by atoms with E-state index in [2.05, 4.69) is 10.2 Å². The Morgan fingerprint density at radius 3 is 2.67 bits per heavy atom. The van der Waals surface area contributed by atoms with Gasteiger partial charge in [0.1, 0.15) is 6.54 Å². The number of hydrogen-bond acceptors (Lipinski definition) is 6. The zero-order valence-electron chi connectivity index (χ0n) is 12.5. The summed E-state index contributed by atoms with van der Waals surface area (Å²) in [6.45, 7) is 1.83. The third kappa shape index (κ3) is 3.48. The van der Waals surface area contributed by atoms with Gasteiger partial charge in [-0.3, -0.25) is 9.59 Å². The minimum absolute atomic E-state index is 0.106. The van der Waals surface area contributed by atoms with Crippen LogP contribution < -0.4 is 5.56 Å². The lowest BCUT2D eigenvalue weighted by molar-refractivity contribution is -0.135. The molecule has 1 aliphatic rings. The Bertz CT molecular complexity index is 783. The molecule has 0 N–H and O–H groups in total. The summed E-state index contributed by atoms with van der Waals surface area (Å²) in [5.74, 6) is -1.17. The Morgan fingerprint density at radius 1 is 1.29 bits per heavy atom. The summed E-state index contributed by atoms with van der Waals surface area (Å²) in [4.78, 5) is 25.9. The number of halogens is 2. The molecule has 1 amide bonds. The van der Waals surface area contributed by atoms with Gasteiger partial charge in [-0.2, -0.15) is 8.78 Å². The summed E-state index contributed by atoms with van der Waals surface area (Å²) >= 11 is 0. The molecule has 0 atom stereocenters. The molecule has 0 bridgehead atoms. The number of carbonyl (C=O) groups excluding carboxylic acids is 1. The molecule has 3 heterocycles. The van der Waals surface area contributed by atoms with Gasteiger partial charge in [0.2, 0.25) is 11.8 Å². The van der Waals surface area contributed by atoms with E-state index in [9.17, 15) is 18.4 Å². The van der Waals surface area contributed by atoms with E-state index in [1.165, 1.54) is 16.8 Å². The van der Waals surface area contributed by atoms with Crippen LogP contribution in [0.3, 0.4) is 0 Å². The smallest absolute Gasteiger partial charge is 0.314 e. The molecule has 1 saturated heterocycles. The predicted octanol–water partition coefficient (Wildman–Crippen LogP) is 0.695. The van der Waals surface area contributed by atoms with Gasteiger partial charge >= 0.3 is 6.43 Å². The summed E-state index contributed by atoms with van der Waals surface area (Å²) in [7, 11) is 0. The molecule has 2 aromatic heterocycles. The first-order valence-corrected chi connectivity index (χ1v) is 7.22. The Morgan fingerprint density at radius 2 is 2.04 bits per heavy atom. The van der Waals surface area contributed by atoms with Crippen molar-refractivity contribution in [3.63, 3.8) is 0 Å². The van der Waals surface area contributed by atoms with Crippen LogP contribution in [0.4, 0.5) is 8.78 Å². The van der Waals surface area contributed by atoms with E-state index < -0.39 is 17.9 Å². The minimum Gasteiger partial charge on any atom is -0.415 e. The highest BCUT2D eigenvalue weighted by Gasteiger charge is 2.19. The van der Waals surface area contributed by atoms with Crippen molar-refractivity contribution in [3.8, 4) is 11.5 Å². The standard InChI is InChI=1S/C14H14F2N4O4/c15-12(16)14-18-17-13(24-14)9-1-2-20(10(21)7-9)8-11(22)19-3-5-23-6-4-19/h1-2,7,12H,3-6,8H2. The normalized spacial score (nSPS) is 15.0. The molecule has 10 heteroatoms. The topological polar surface area (TPSA) is 90.5 Å². The molecule has 0 aliphatic carbocycles. The van der Waals surface area contributed by atoms with E-state index >= 15 is 0 Å². The van der Waals surface area contributed by atoms with Crippen molar-refractivity contribution < 1.29 is 22.7 Å². The molecule has 0 aromatic carbocycles. The van der Waals surface area contributed by atoms with Gasteiger partial charge in [-0.15, -0.1) is 10.2 Å². The number of pyridine rings is 1. The van der Waals surface area contributed by atoms with Crippen molar-refractivity contribution in [3.05, 3.63) is 34.6 Å². The molecular weight excluding hydrogens is 326 g/mol. The van der Waals surface area contributed by atoms with Gasteiger partial charge in [0.05, 0.1) is 13.2 Å². The molecule has 2 aromatic rings. The van der Waals surface area contributed by atoms with Crippen LogP contribution in [0.5, 0.6) is 0 Å². The third-order valence-electron chi connectivity index (χ3n) is 3.54. The highest BCUT2D eigenvalue weighted by atomic mass is 19.3. The number of nitrogens with zero attached hydrogens (tertiary/aromatic N) is 4. The van der Waals surface area contributed by atoms with Crippen molar-refractivity contribution in [1.29, 1.82) is 0 Å². The highest BCUT2D eigenvalue weighted by Crippen LogP contribution is 2.22. The lowest BCUT2D eigenvalue weighted by Gasteiger charge is -2.27. The van der Waals surface area contributed by atoms with Gasteiger partial charge in [0.15, 0.2) is 0 Å². The van der Waals surface area contributed by atoms with E-state index in [0.717, 1.165) is 6.07 Å². The zero-order chi connectivity index (χ0) is 17.1. The Kier molecular flexibility index (Phi) is 4.65. The number of hydrogen-bond donors (Lipinski definition) is 0. The zero-order valence-corrected chi connectivity index (χ0v) is 12.5. The maximum absolute atomic E-state index is 12.4. The first-order chi connectivity index (χ1) is 11.5. The van der Waals surface area contributed by atoms with E-state index in [4.69, 9.17) is 9.15 Å². The molecule has 0 radical (unpaired) electrons. The number of alkyl halides is 2. The van der Waals surface area contributed by atoms with E-state index in [1.807, 2.05) is 0 Å². The molecule has 1 fully saturated rings. The predicted molar refractivity (Wildman–Crippen MR) is 76.4 cm³/mol. The fourth-order valence-electron chi connectivity index (χ4n) is 2.27. The first-order valence-electron chi connectivity index (χ1n) is 7.22. The maximum atomic E-state index is 12.4. The highest BCUT2D eigenvalue weighted by molar-refractivity contribution is 5.76. The third-order valence-corrected chi connectivity index (χ3v) is 3.54. The SMILES string of the molecule is O=C(Cn1ccc(-c2nnc(C(F)F)o2)cc1=O)N1CCOCC1. The number of ether oxygens (including phenoxy) is 1. The van der Waals surface area contributed by atoms with Crippen molar-refractivity contribution in [2.45, 2.75) is 13.0 Å². The van der Waals surface area contributed by atoms with Crippen molar-refractivity contribution in [1.82, 2.24) is 19.7 Å². The fourth-order valence-corrected chi connectivity index (χ4v) is 2.27. The second-order valence-electron chi connectivity index (χ2n) is 5.12. The first kappa shape index (κ1) is 16.2. The van der Waals surface area contributed by atoms with Gasteiger partial charge < -0.3 is 18.6 Å². The average Bonchev–Trinajstić information content (AvgIpc) is 3.08. The molecular formula is C14H14F2N4O4. The molecule has 8 nitrogen and oxygen atoms in total. The van der Waals surface area contributed by atoms with Crippen LogP contribution in [-0.2, 0) is 16.1 Å². The van der Waals surface area contributed by atoms with Gasteiger partial charge in [-0.1, -0.05) is 0 Å². The van der Waals surface area contributed by atoms with E-state index in [0.29, 0.717) is 26.3 Å². The van der Waals surface area contributed by atoms with Gasteiger partial charge in [-0.05, 0) is 6.07 Å². The number of carbonyl (C=O) groups is 1. The van der Waals surface area contributed by atoms with E-state index in [1.54, 1.807) is 4.90 Å². The summed E-state index contributed by atoms with van der Waals surface area (Å²) < 4.78 is 36.1. The monoisotopic (exact) mass is 340 g/mol. The summed E-state index contributed by atoms with van der Waals surface area (Å²) in [5, 5.41) is 6.68. The minimum atomic E-state index is -2.88.